The second-order valence-electron chi connectivity index (χ2n) is 7.89. The lowest BCUT2D eigenvalue weighted by atomic mass is 10.1. The van der Waals surface area contributed by atoms with Crippen LogP contribution in [0.2, 0.25) is 0 Å². The fraction of sp³-hybridized carbons (Fsp3) is 0.364. The third kappa shape index (κ3) is 5.25. The summed E-state index contributed by atoms with van der Waals surface area (Å²) >= 11 is 0. The second kappa shape index (κ2) is 8.97. The van der Waals surface area contributed by atoms with Gasteiger partial charge in [-0.3, -0.25) is 9.59 Å². The highest BCUT2D eigenvalue weighted by molar-refractivity contribution is 7.89. The molecule has 2 aromatic rings. The van der Waals surface area contributed by atoms with Crippen molar-refractivity contribution >= 4 is 33.2 Å². The first-order valence-electron chi connectivity index (χ1n) is 9.95. The molecule has 2 amide bonds. The van der Waals surface area contributed by atoms with Crippen molar-refractivity contribution in [3.8, 4) is 0 Å². The van der Waals surface area contributed by atoms with Crippen molar-refractivity contribution < 1.29 is 18.0 Å². The normalized spacial score (nSPS) is 13.4. The molecule has 0 unspecified atom stereocenters. The van der Waals surface area contributed by atoms with E-state index < -0.39 is 10.0 Å². The number of nitrogens with zero attached hydrogens (tertiary/aromatic N) is 1. The highest BCUT2D eigenvalue weighted by Crippen LogP contribution is 2.30. The van der Waals surface area contributed by atoms with Gasteiger partial charge in [-0.25, -0.2) is 13.1 Å². The number of anilines is 2. The van der Waals surface area contributed by atoms with E-state index in [-0.39, 0.29) is 23.3 Å². The van der Waals surface area contributed by atoms with E-state index in [1.54, 1.807) is 12.1 Å². The summed E-state index contributed by atoms with van der Waals surface area (Å²) in [6.07, 6.45) is 1.28. The minimum atomic E-state index is -3.68. The van der Waals surface area contributed by atoms with Crippen molar-refractivity contribution in [3.63, 3.8) is 0 Å². The summed E-state index contributed by atoms with van der Waals surface area (Å²) in [7, 11) is -3.68. The number of hydrogen-bond acceptors (Lipinski definition) is 4. The van der Waals surface area contributed by atoms with E-state index >= 15 is 0 Å². The summed E-state index contributed by atoms with van der Waals surface area (Å²) in [5.74, 6) is 0.215. The predicted octanol–water partition coefficient (Wildman–Crippen LogP) is 3.06. The van der Waals surface area contributed by atoms with E-state index in [2.05, 4.69) is 10.0 Å². The highest BCUT2D eigenvalue weighted by atomic mass is 32.2. The van der Waals surface area contributed by atoms with E-state index in [0.29, 0.717) is 24.6 Å². The van der Waals surface area contributed by atoms with E-state index in [4.69, 9.17) is 0 Å². The fourth-order valence-corrected chi connectivity index (χ4v) is 4.48. The van der Waals surface area contributed by atoms with Gasteiger partial charge in [-0.1, -0.05) is 26.0 Å². The van der Waals surface area contributed by atoms with Crippen LogP contribution >= 0.6 is 0 Å². The van der Waals surface area contributed by atoms with Gasteiger partial charge < -0.3 is 10.2 Å². The van der Waals surface area contributed by atoms with Crippen molar-refractivity contribution in [2.24, 2.45) is 5.92 Å². The average molecular weight is 430 g/mol. The molecule has 0 saturated heterocycles. The molecule has 1 aliphatic heterocycles. The van der Waals surface area contributed by atoms with Crippen LogP contribution in [0.4, 0.5) is 11.4 Å². The molecule has 0 bridgehead atoms. The van der Waals surface area contributed by atoms with Crippen LogP contribution in [0.15, 0.2) is 47.4 Å². The lowest BCUT2D eigenvalue weighted by Crippen LogP contribution is -2.29. The Hall–Kier alpha value is -2.71. The van der Waals surface area contributed by atoms with E-state index in [0.717, 1.165) is 23.2 Å². The average Bonchev–Trinajstić information content (AvgIpc) is 3.09. The van der Waals surface area contributed by atoms with Crippen molar-refractivity contribution in [3.05, 3.63) is 53.6 Å². The number of carbonyl (C=O) groups excluding carboxylic acids is 2. The molecule has 3 rings (SSSR count). The summed E-state index contributed by atoms with van der Waals surface area (Å²) in [4.78, 5) is 25.4. The lowest BCUT2D eigenvalue weighted by Gasteiger charge is -2.18. The van der Waals surface area contributed by atoms with Gasteiger partial charge in [0, 0.05) is 37.8 Å². The van der Waals surface area contributed by atoms with Crippen LogP contribution in [-0.2, 0) is 32.6 Å². The Kier molecular flexibility index (Phi) is 6.58. The number of fused-ring (bicyclic) bond motifs is 1. The highest BCUT2D eigenvalue weighted by Gasteiger charge is 2.25. The first-order chi connectivity index (χ1) is 14.2. The Balaban J connectivity index is 1.66. The second-order valence-corrected chi connectivity index (χ2v) is 9.65. The fourth-order valence-electron chi connectivity index (χ4n) is 3.47. The smallest absolute Gasteiger partial charge is 0.240 e. The monoisotopic (exact) mass is 429 g/mol. The molecule has 0 aromatic heterocycles. The number of benzene rings is 2. The summed E-state index contributed by atoms with van der Waals surface area (Å²) in [6, 6.07) is 11.7. The Bertz CT molecular complexity index is 1050. The van der Waals surface area contributed by atoms with Crippen LogP contribution < -0.4 is 14.9 Å². The summed E-state index contributed by atoms with van der Waals surface area (Å²) in [6.45, 7) is 6.26. The Morgan fingerprint density at radius 2 is 1.80 bits per heavy atom. The zero-order valence-corrected chi connectivity index (χ0v) is 18.3. The van der Waals surface area contributed by atoms with Crippen LogP contribution in [-0.4, -0.2) is 26.8 Å². The maximum Gasteiger partial charge on any atom is 0.240 e. The molecule has 7 nitrogen and oxygen atoms in total. The van der Waals surface area contributed by atoms with Crippen molar-refractivity contribution in [2.75, 3.05) is 16.8 Å². The number of nitrogens with one attached hydrogen (secondary N) is 2. The molecule has 30 heavy (non-hydrogen) atoms. The topological polar surface area (TPSA) is 95.6 Å². The molecule has 8 heteroatoms. The summed E-state index contributed by atoms with van der Waals surface area (Å²) in [5.41, 5.74) is 3.35. The Labute approximate surface area is 177 Å². The molecule has 0 saturated carbocycles. The quantitative estimate of drug-likeness (QED) is 0.707. The third-order valence-electron chi connectivity index (χ3n) is 4.87. The minimum absolute atomic E-state index is 0.125. The van der Waals surface area contributed by atoms with Gasteiger partial charge in [-0.2, -0.15) is 0 Å². The largest absolute Gasteiger partial charge is 0.326 e. The van der Waals surface area contributed by atoms with E-state index in [9.17, 15) is 18.0 Å². The van der Waals surface area contributed by atoms with Gasteiger partial charge in [-0.05, 0) is 53.8 Å². The molecular formula is C22H27N3O4S. The van der Waals surface area contributed by atoms with Gasteiger partial charge in [0.25, 0.3) is 0 Å². The zero-order valence-electron chi connectivity index (χ0n) is 17.4. The number of amides is 2. The minimum Gasteiger partial charge on any atom is -0.326 e. The van der Waals surface area contributed by atoms with Crippen molar-refractivity contribution in [1.29, 1.82) is 0 Å². The van der Waals surface area contributed by atoms with Crippen LogP contribution in [0.1, 0.15) is 38.3 Å². The van der Waals surface area contributed by atoms with Crippen LogP contribution in [0.3, 0.4) is 0 Å². The van der Waals surface area contributed by atoms with Gasteiger partial charge in [0.1, 0.15) is 0 Å². The number of hydrogen-bond donors (Lipinski definition) is 2. The van der Waals surface area contributed by atoms with E-state index in [1.165, 1.54) is 19.1 Å². The summed E-state index contributed by atoms with van der Waals surface area (Å²) < 4.78 is 27.7. The van der Waals surface area contributed by atoms with Gasteiger partial charge >= 0.3 is 0 Å². The molecule has 0 radical (unpaired) electrons. The molecule has 0 spiro atoms. The lowest BCUT2D eigenvalue weighted by molar-refractivity contribution is -0.119. The van der Waals surface area contributed by atoms with Crippen molar-refractivity contribution in [2.45, 2.75) is 45.1 Å². The van der Waals surface area contributed by atoms with Gasteiger partial charge in [0.05, 0.1) is 4.90 Å². The molecule has 2 N–H and O–H groups in total. The molecule has 1 aliphatic rings. The third-order valence-corrected chi connectivity index (χ3v) is 6.29. The van der Waals surface area contributed by atoms with Crippen molar-refractivity contribution in [1.82, 2.24) is 4.72 Å². The van der Waals surface area contributed by atoms with Crippen LogP contribution in [0, 0.1) is 5.92 Å². The molecular weight excluding hydrogens is 402 g/mol. The maximum absolute atomic E-state index is 12.6. The first kappa shape index (κ1) is 22.0. The SMILES string of the molecule is CC(=O)Nc1ccc(S(=O)(=O)NCc2ccc3c(c2)CCN3C(=O)CC(C)C)cc1. The van der Waals surface area contributed by atoms with Gasteiger partial charge in [-0.15, -0.1) is 0 Å². The molecule has 1 heterocycles. The molecule has 2 aromatic carbocycles. The molecule has 0 fully saturated rings. The number of rotatable bonds is 7. The standard InChI is InChI=1S/C22H27N3O4S/c1-15(2)12-22(27)25-11-10-18-13-17(4-9-21(18)25)14-23-30(28,29)20-7-5-19(6-8-20)24-16(3)26/h4-9,13,15,23H,10-12,14H2,1-3H3,(H,24,26). The molecule has 160 valence electrons. The summed E-state index contributed by atoms with van der Waals surface area (Å²) in [5, 5.41) is 2.60. The number of sulfonamides is 1. The molecule has 0 atom stereocenters. The zero-order chi connectivity index (χ0) is 21.9. The predicted molar refractivity (Wildman–Crippen MR) is 117 cm³/mol. The number of carbonyl (C=O) groups is 2. The first-order valence-corrected chi connectivity index (χ1v) is 11.4. The maximum atomic E-state index is 12.6. The van der Waals surface area contributed by atoms with E-state index in [1.807, 2.05) is 36.9 Å². The Morgan fingerprint density at radius 3 is 2.43 bits per heavy atom. The van der Waals surface area contributed by atoms with Crippen LogP contribution in [0.5, 0.6) is 0 Å². The Morgan fingerprint density at radius 1 is 1.10 bits per heavy atom. The van der Waals surface area contributed by atoms with Gasteiger partial charge in [0.2, 0.25) is 21.8 Å². The van der Waals surface area contributed by atoms with Gasteiger partial charge in [0.15, 0.2) is 0 Å². The van der Waals surface area contributed by atoms with Crippen LogP contribution in [0.25, 0.3) is 0 Å². The molecule has 0 aliphatic carbocycles.